The molecule has 0 aliphatic carbocycles. The quantitative estimate of drug-likeness (QED) is 0.491. The maximum Gasteiger partial charge on any atom is 0.193 e. The second-order valence-corrected chi connectivity index (χ2v) is 6.42. The van der Waals surface area contributed by atoms with Crippen LogP contribution in [0.1, 0.15) is 16.8 Å². The third-order valence-electron chi connectivity index (χ3n) is 3.98. The zero-order chi connectivity index (χ0) is 18.0. The Labute approximate surface area is 149 Å². The van der Waals surface area contributed by atoms with E-state index in [1.54, 1.807) is 38.6 Å². The molecule has 0 N–H and O–H groups in total. The van der Waals surface area contributed by atoms with Crippen LogP contribution in [0.3, 0.4) is 0 Å². The van der Waals surface area contributed by atoms with Gasteiger partial charge in [0.25, 0.3) is 0 Å². The van der Waals surface area contributed by atoms with Gasteiger partial charge >= 0.3 is 0 Å². The van der Waals surface area contributed by atoms with Crippen molar-refractivity contribution in [2.45, 2.75) is 24.8 Å². The molecule has 0 saturated heterocycles. The van der Waals surface area contributed by atoms with Gasteiger partial charge in [0.15, 0.2) is 5.16 Å². The van der Waals surface area contributed by atoms with Crippen LogP contribution in [0.25, 0.3) is 11.0 Å². The van der Waals surface area contributed by atoms with Crippen molar-refractivity contribution in [3.05, 3.63) is 46.1 Å². The molecule has 0 atom stereocenters. The van der Waals surface area contributed by atoms with Gasteiger partial charge in [-0.1, -0.05) is 11.8 Å². The van der Waals surface area contributed by atoms with Gasteiger partial charge in [-0.2, -0.15) is 4.68 Å². The smallest absolute Gasteiger partial charge is 0.193 e. The molecule has 0 aliphatic heterocycles. The van der Waals surface area contributed by atoms with Gasteiger partial charge in [0.1, 0.15) is 11.5 Å². The number of hydrogen-bond donors (Lipinski definition) is 0. The van der Waals surface area contributed by atoms with Gasteiger partial charge < -0.3 is 9.47 Å². The molecule has 0 spiro atoms. The van der Waals surface area contributed by atoms with Gasteiger partial charge in [0.2, 0.25) is 0 Å². The lowest BCUT2D eigenvalue weighted by atomic mass is 10.1. The molecular weight excluding hydrogens is 340 g/mol. The zero-order valence-electron chi connectivity index (χ0n) is 14.4. The van der Waals surface area contributed by atoms with Crippen molar-refractivity contribution >= 4 is 22.8 Å². The molecule has 0 aliphatic rings. The second kappa shape index (κ2) is 7.10. The van der Waals surface area contributed by atoms with Crippen molar-refractivity contribution in [1.82, 2.24) is 14.6 Å². The summed E-state index contributed by atoms with van der Waals surface area (Å²) in [5.74, 6) is 2.07. The average molecular weight is 358 g/mol. The van der Waals surface area contributed by atoms with Gasteiger partial charge in [-0.15, -0.1) is 4.91 Å². The molecule has 0 amide bonds. The van der Waals surface area contributed by atoms with Gasteiger partial charge in [0.05, 0.1) is 36.2 Å². The molecular formula is C17H18N4O3S. The third-order valence-corrected chi connectivity index (χ3v) is 4.92. The molecule has 0 fully saturated rings. The minimum atomic E-state index is 0.513. The maximum absolute atomic E-state index is 11.3. The largest absolute Gasteiger partial charge is 0.497 e. The Bertz CT molecular complexity index is 939. The van der Waals surface area contributed by atoms with Gasteiger partial charge in [-0.25, -0.2) is 4.98 Å². The number of pyridine rings is 1. The van der Waals surface area contributed by atoms with E-state index in [0.29, 0.717) is 27.7 Å². The molecule has 25 heavy (non-hydrogen) atoms. The highest BCUT2D eigenvalue weighted by molar-refractivity contribution is 7.98. The van der Waals surface area contributed by atoms with Crippen LogP contribution in [0.15, 0.2) is 34.8 Å². The van der Waals surface area contributed by atoms with Crippen LogP contribution in [-0.2, 0) is 5.75 Å². The van der Waals surface area contributed by atoms with E-state index in [1.807, 2.05) is 13.8 Å². The van der Waals surface area contributed by atoms with Crippen LogP contribution in [0.4, 0.5) is 0 Å². The summed E-state index contributed by atoms with van der Waals surface area (Å²) in [7, 11) is 3.24. The van der Waals surface area contributed by atoms with E-state index < -0.39 is 0 Å². The zero-order valence-corrected chi connectivity index (χ0v) is 15.3. The Morgan fingerprint density at radius 3 is 2.72 bits per heavy atom. The lowest BCUT2D eigenvalue weighted by Crippen LogP contribution is -1.99. The molecule has 0 unspecified atom stereocenters. The Balaban J connectivity index is 1.92. The molecule has 8 heteroatoms. The average Bonchev–Trinajstić information content (AvgIpc) is 2.97. The normalized spacial score (nSPS) is 10.9. The highest BCUT2D eigenvalue weighted by Gasteiger charge is 2.15. The number of ether oxygens (including phenoxy) is 2. The van der Waals surface area contributed by atoms with Gasteiger partial charge in [-0.05, 0) is 26.0 Å². The van der Waals surface area contributed by atoms with Crippen LogP contribution in [0.5, 0.6) is 11.5 Å². The lowest BCUT2D eigenvalue weighted by molar-refractivity contribution is 0.407. The number of fused-ring (bicyclic) bond motifs is 1. The minimum absolute atomic E-state index is 0.513. The molecule has 3 rings (SSSR count). The number of nitroso groups, excluding NO2 is 1. The fourth-order valence-electron chi connectivity index (χ4n) is 2.67. The van der Waals surface area contributed by atoms with E-state index in [0.717, 1.165) is 22.6 Å². The predicted octanol–water partition coefficient (Wildman–Crippen LogP) is 3.89. The fraction of sp³-hybridized carbons (Fsp3) is 0.294. The Morgan fingerprint density at radius 1 is 1.24 bits per heavy atom. The number of thioether (sulfide) groups is 1. The Kier molecular flexibility index (Phi) is 4.89. The third kappa shape index (κ3) is 3.17. The molecule has 0 radical (unpaired) electrons. The second-order valence-electron chi connectivity index (χ2n) is 5.48. The topological polar surface area (TPSA) is 78.6 Å². The van der Waals surface area contributed by atoms with E-state index >= 15 is 0 Å². The van der Waals surface area contributed by atoms with E-state index in [-0.39, 0.29) is 0 Å². The number of nitrogens with zero attached hydrogens (tertiary/aromatic N) is 4. The van der Waals surface area contributed by atoms with Crippen LogP contribution in [0, 0.1) is 18.8 Å². The summed E-state index contributed by atoms with van der Waals surface area (Å²) in [6.07, 6.45) is 1.79. The monoisotopic (exact) mass is 358 g/mol. The summed E-state index contributed by atoms with van der Waals surface area (Å²) in [5.41, 5.74) is 4.16. The SMILES string of the molecule is COc1ccc2c(c1)nc(SCc1ncc(C)c(OC)c1C)n2N=O. The first-order chi connectivity index (χ1) is 12.1. The number of aryl methyl sites for hydroxylation is 1. The number of imidazole rings is 1. The summed E-state index contributed by atoms with van der Waals surface area (Å²) < 4.78 is 11.9. The molecule has 2 aromatic heterocycles. The lowest BCUT2D eigenvalue weighted by Gasteiger charge is -2.11. The number of rotatable bonds is 6. The predicted molar refractivity (Wildman–Crippen MR) is 97.3 cm³/mol. The van der Waals surface area contributed by atoms with Crippen molar-refractivity contribution in [3.8, 4) is 11.5 Å². The Morgan fingerprint density at radius 2 is 2.04 bits per heavy atom. The highest BCUT2D eigenvalue weighted by atomic mass is 32.2. The van der Waals surface area contributed by atoms with Crippen molar-refractivity contribution < 1.29 is 9.47 Å². The van der Waals surface area contributed by atoms with E-state index in [9.17, 15) is 4.91 Å². The van der Waals surface area contributed by atoms with Crippen LogP contribution >= 0.6 is 11.8 Å². The first kappa shape index (κ1) is 17.2. The number of hydrogen-bond acceptors (Lipinski definition) is 7. The standard InChI is InChI=1S/C17H18N4O3S/c1-10-8-18-14(11(2)16(10)24-4)9-25-17-19-13-7-12(23-3)5-6-15(13)21(17)20-22/h5-8H,9H2,1-4H3. The summed E-state index contributed by atoms with van der Waals surface area (Å²) in [6, 6.07) is 5.32. The summed E-state index contributed by atoms with van der Waals surface area (Å²) in [4.78, 5) is 20.2. The van der Waals surface area contributed by atoms with Gasteiger partial charge in [-0.3, -0.25) is 4.98 Å². The van der Waals surface area contributed by atoms with Crippen molar-refractivity contribution in [3.63, 3.8) is 0 Å². The van der Waals surface area contributed by atoms with E-state index in [1.165, 1.54) is 16.4 Å². The number of methoxy groups -OCH3 is 2. The number of aromatic nitrogens is 3. The highest BCUT2D eigenvalue weighted by Crippen LogP contribution is 2.31. The Hall–Kier alpha value is -2.61. The molecule has 0 saturated carbocycles. The summed E-state index contributed by atoms with van der Waals surface area (Å²) in [5, 5.41) is 3.61. The first-order valence-electron chi connectivity index (χ1n) is 7.61. The first-order valence-corrected chi connectivity index (χ1v) is 8.59. The minimum Gasteiger partial charge on any atom is -0.497 e. The van der Waals surface area contributed by atoms with E-state index in [2.05, 4.69) is 15.3 Å². The molecule has 7 nitrogen and oxygen atoms in total. The molecule has 1 aromatic carbocycles. The van der Waals surface area contributed by atoms with Crippen LogP contribution < -0.4 is 9.47 Å². The van der Waals surface area contributed by atoms with Crippen LogP contribution in [0.2, 0.25) is 0 Å². The number of benzene rings is 1. The van der Waals surface area contributed by atoms with Crippen LogP contribution in [-0.4, -0.2) is 28.9 Å². The summed E-state index contributed by atoms with van der Waals surface area (Å²) in [6.45, 7) is 3.93. The van der Waals surface area contributed by atoms with Crippen molar-refractivity contribution in [2.75, 3.05) is 14.2 Å². The van der Waals surface area contributed by atoms with Gasteiger partial charge in [0, 0.05) is 29.1 Å². The molecule has 2 heterocycles. The molecule has 0 bridgehead atoms. The molecule has 130 valence electrons. The maximum atomic E-state index is 11.3. The molecule has 3 aromatic rings. The van der Waals surface area contributed by atoms with Crippen molar-refractivity contribution in [1.29, 1.82) is 0 Å². The fourth-order valence-corrected chi connectivity index (χ4v) is 3.65. The van der Waals surface area contributed by atoms with E-state index in [4.69, 9.17) is 9.47 Å². The summed E-state index contributed by atoms with van der Waals surface area (Å²) >= 11 is 1.40. The van der Waals surface area contributed by atoms with Crippen molar-refractivity contribution in [2.24, 2.45) is 5.29 Å².